The Labute approximate surface area is 160 Å². The molecule has 0 saturated carbocycles. The lowest BCUT2D eigenvalue weighted by atomic mass is 10.1. The molecule has 150 valence electrons. The fraction of sp³-hybridized carbons (Fsp3) is 0.737. The van der Waals surface area contributed by atoms with Gasteiger partial charge in [0.1, 0.15) is 5.52 Å². The highest BCUT2D eigenvalue weighted by Crippen LogP contribution is 2.18. The Morgan fingerprint density at radius 2 is 1.93 bits per heavy atom. The van der Waals surface area contributed by atoms with Crippen molar-refractivity contribution in [3.8, 4) is 0 Å². The number of nitrogens with one attached hydrogen (secondary N) is 2. The van der Waals surface area contributed by atoms with Gasteiger partial charge in [-0.2, -0.15) is 9.97 Å². The van der Waals surface area contributed by atoms with Gasteiger partial charge in [0.05, 0.1) is 0 Å². The van der Waals surface area contributed by atoms with Crippen LogP contribution in [0.25, 0.3) is 11.2 Å². The van der Waals surface area contributed by atoms with E-state index in [1.54, 1.807) is 4.57 Å². The van der Waals surface area contributed by atoms with Crippen LogP contribution in [0, 0.1) is 0 Å². The van der Waals surface area contributed by atoms with Gasteiger partial charge in [0.2, 0.25) is 5.95 Å². The number of nitrogens with two attached hydrogens (primary N) is 1. The molecule has 27 heavy (non-hydrogen) atoms. The number of aryl methyl sites for hydroxylation is 1. The molecule has 3 heterocycles. The van der Waals surface area contributed by atoms with E-state index in [-0.39, 0.29) is 11.7 Å². The van der Waals surface area contributed by atoms with E-state index >= 15 is 0 Å². The zero-order chi connectivity index (χ0) is 19.2. The smallest absolute Gasteiger partial charge is 0.327 e. The van der Waals surface area contributed by atoms with Crippen LogP contribution < -0.4 is 16.7 Å². The van der Waals surface area contributed by atoms with E-state index in [1.807, 2.05) is 0 Å². The van der Waals surface area contributed by atoms with Crippen molar-refractivity contribution in [3.05, 3.63) is 10.5 Å². The zero-order valence-electron chi connectivity index (χ0n) is 16.6. The van der Waals surface area contributed by atoms with E-state index in [0.717, 1.165) is 32.2 Å². The highest BCUT2D eigenvalue weighted by molar-refractivity contribution is 5.82. The van der Waals surface area contributed by atoms with Crippen molar-refractivity contribution in [2.24, 2.45) is 0 Å². The van der Waals surface area contributed by atoms with Crippen molar-refractivity contribution >= 4 is 22.9 Å². The third-order valence-electron chi connectivity index (χ3n) is 5.30. The molecule has 2 aromatic rings. The average molecular weight is 376 g/mol. The van der Waals surface area contributed by atoms with Gasteiger partial charge in [-0.15, -0.1) is 0 Å². The van der Waals surface area contributed by atoms with E-state index in [9.17, 15) is 4.79 Å². The van der Waals surface area contributed by atoms with Crippen LogP contribution in [-0.2, 0) is 6.54 Å². The van der Waals surface area contributed by atoms with E-state index < -0.39 is 0 Å². The van der Waals surface area contributed by atoms with Crippen LogP contribution >= 0.6 is 0 Å². The molecule has 3 rings (SSSR count). The molecule has 4 N–H and O–H groups in total. The number of unbranched alkanes of at least 4 members (excludes halogenated alkanes) is 1. The highest BCUT2D eigenvalue weighted by atomic mass is 16.1. The van der Waals surface area contributed by atoms with Crippen LogP contribution in [0.3, 0.4) is 0 Å². The number of fused-ring (bicyclic) bond motifs is 1. The van der Waals surface area contributed by atoms with Gasteiger partial charge in [-0.1, -0.05) is 19.8 Å². The van der Waals surface area contributed by atoms with Crippen molar-refractivity contribution in [3.63, 3.8) is 0 Å². The first kappa shape index (κ1) is 19.7. The zero-order valence-corrected chi connectivity index (χ0v) is 16.6. The molecule has 1 atom stereocenters. The van der Waals surface area contributed by atoms with Crippen molar-refractivity contribution in [1.82, 2.24) is 24.4 Å². The van der Waals surface area contributed by atoms with Crippen LogP contribution in [0.2, 0.25) is 0 Å². The molecule has 1 aliphatic rings. The predicted molar refractivity (Wildman–Crippen MR) is 110 cm³/mol. The van der Waals surface area contributed by atoms with E-state index in [4.69, 9.17) is 5.73 Å². The summed E-state index contributed by atoms with van der Waals surface area (Å²) in [6, 6.07) is 0.260. The monoisotopic (exact) mass is 375 g/mol. The number of anilines is 2. The highest BCUT2D eigenvalue weighted by Gasteiger charge is 2.15. The van der Waals surface area contributed by atoms with E-state index in [1.165, 1.54) is 32.4 Å². The van der Waals surface area contributed by atoms with Gasteiger partial charge in [-0.3, -0.25) is 4.57 Å². The Morgan fingerprint density at radius 3 is 2.67 bits per heavy atom. The fourth-order valence-corrected chi connectivity index (χ4v) is 3.84. The first-order chi connectivity index (χ1) is 13.1. The van der Waals surface area contributed by atoms with Crippen molar-refractivity contribution in [2.75, 3.05) is 30.7 Å². The Bertz CT molecular complexity index is 791. The molecule has 0 bridgehead atoms. The number of nitrogen functional groups attached to an aromatic ring is 1. The quantitative estimate of drug-likeness (QED) is 0.582. The molecule has 0 unspecified atom stereocenters. The lowest BCUT2D eigenvalue weighted by molar-refractivity contribution is 0.223. The molecule has 0 aromatic carbocycles. The second kappa shape index (κ2) is 9.21. The molecule has 8 heteroatoms. The summed E-state index contributed by atoms with van der Waals surface area (Å²) in [5, 5.41) is 3.28. The standard InChI is InChI=1S/C19H33N7O/c1-3-9-14(2)21-18-23-16(20)15-17(24-18)26(19(27)22-15)13-8-7-12-25-10-5-4-6-11-25/h14H,3-13H2,1-2H3,(H,22,27)(H3,20,21,23,24)/t14-/m1/s1. The molecule has 1 fully saturated rings. The summed E-state index contributed by atoms with van der Waals surface area (Å²) in [6.07, 6.45) is 8.11. The van der Waals surface area contributed by atoms with Gasteiger partial charge in [-0.25, -0.2) is 4.79 Å². The van der Waals surface area contributed by atoms with Gasteiger partial charge in [0.25, 0.3) is 0 Å². The molecular formula is C19H33N7O. The van der Waals surface area contributed by atoms with E-state index in [2.05, 4.69) is 39.0 Å². The summed E-state index contributed by atoms with van der Waals surface area (Å²) < 4.78 is 1.69. The number of aromatic amines is 1. The SMILES string of the molecule is CCC[C@@H](C)Nc1nc(N)c2[nH]c(=O)n(CCCCN3CCCCC3)c2n1. The maximum atomic E-state index is 12.4. The third kappa shape index (κ3) is 5.00. The molecular weight excluding hydrogens is 342 g/mol. The first-order valence-electron chi connectivity index (χ1n) is 10.3. The summed E-state index contributed by atoms with van der Waals surface area (Å²) >= 11 is 0. The number of likely N-dealkylation sites (tertiary alicyclic amines) is 1. The summed E-state index contributed by atoms with van der Waals surface area (Å²) in [4.78, 5) is 26.6. The second-order valence-corrected chi connectivity index (χ2v) is 7.66. The minimum atomic E-state index is -0.164. The van der Waals surface area contributed by atoms with Gasteiger partial charge in [0.15, 0.2) is 11.5 Å². The number of rotatable bonds is 9. The molecule has 1 saturated heterocycles. The number of nitrogens with zero attached hydrogens (tertiary/aromatic N) is 4. The average Bonchev–Trinajstić information content (AvgIpc) is 2.96. The van der Waals surface area contributed by atoms with Gasteiger partial charge < -0.3 is 20.9 Å². The molecule has 0 amide bonds. The van der Waals surface area contributed by atoms with Crippen LogP contribution in [0.4, 0.5) is 11.8 Å². The number of hydrogen-bond donors (Lipinski definition) is 3. The maximum absolute atomic E-state index is 12.4. The maximum Gasteiger partial charge on any atom is 0.327 e. The normalized spacial score (nSPS) is 16.7. The minimum Gasteiger partial charge on any atom is -0.382 e. The van der Waals surface area contributed by atoms with Gasteiger partial charge in [0, 0.05) is 12.6 Å². The Kier molecular flexibility index (Phi) is 6.71. The number of aromatic nitrogens is 4. The second-order valence-electron chi connectivity index (χ2n) is 7.66. The molecule has 1 aliphatic heterocycles. The summed E-state index contributed by atoms with van der Waals surface area (Å²) in [6.45, 7) is 8.41. The van der Waals surface area contributed by atoms with Crippen LogP contribution in [0.1, 0.15) is 58.8 Å². The Balaban J connectivity index is 1.67. The molecule has 8 nitrogen and oxygen atoms in total. The topological polar surface area (TPSA) is 105 Å². The number of hydrogen-bond acceptors (Lipinski definition) is 6. The summed E-state index contributed by atoms with van der Waals surface area (Å²) in [5.41, 5.74) is 7.02. The molecule has 0 spiro atoms. The number of H-pyrrole nitrogens is 1. The fourth-order valence-electron chi connectivity index (χ4n) is 3.84. The summed E-state index contributed by atoms with van der Waals surface area (Å²) in [7, 11) is 0. The Morgan fingerprint density at radius 1 is 1.19 bits per heavy atom. The van der Waals surface area contributed by atoms with Crippen LogP contribution in [-0.4, -0.2) is 50.1 Å². The van der Waals surface area contributed by atoms with Crippen molar-refractivity contribution in [2.45, 2.75) is 71.4 Å². The lowest BCUT2D eigenvalue weighted by Crippen LogP contribution is -2.30. The first-order valence-corrected chi connectivity index (χ1v) is 10.3. The molecule has 2 aromatic heterocycles. The van der Waals surface area contributed by atoms with Gasteiger partial charge in [-0.05, 0) is 58.7 Å². The van der Waals surface area contributed by atoms with Crippen molar-refractivity contribution in [1.29, 1.82) is 0 Å². The van der Waals surface area contributed by atoms with E-state index in [0.29, 0.717) is 29.5 Å². The van der Waals surface area contributed by atoms with Crippen LogP contribution in [0.5, 0.6) is 0 Å². The predicted octanol–water partition coefficient (Wildman–Crippen LogP) is 2.57. The number of imidazole rings is 1. The van der Waals surface area contributed by atoms with Gasteiger partial charge >= 0.3 is 5.69 Å². The third-order valence-corrected chi connectivity index (χ3v) is 5.30. The molecule has 0 radical (unpaired) electrons. The number of piperidine rings is 1. The largest absolute Gasteiger partial charge is 0.382 e. The minimum absolute atomic E-state index is 0.164. The Hall–Kier alpha value is -2.09. The van der Waals surface area contributed by atoms with Crippen molar-refractivity contribution < 1.29 is 0 Å². The summed E-state index contributed by atoms with van der Waals surface area (Å²) in [5.74, 6) is 0.803. The van der Waals surface area contributed by atoms with Crippen LogP contribution in [0.15, 0.2) is 4.79 Å². The molecule has 0 aliphatic carbocycles. The lowest BCUT2D eigenvalue weighted by Gasteiger charge is -2.26.